The first-order valence-electron chi connectivity index (χ1n) is 4.30. The van der Waals surface area contributed by atoms with Crippen molar-refractivity contribution in [3.8, 4) is 0 Å². The van der Waals surface area contributed by atoms with E-state index in [0.29, 0.717) is 0 Å². The Hall–Kier alpha value is -1.59. The average molecular weight is 196 g/mol. The predicted octanol–water partition coefficient (Wildman–Crippen LogP) is 0.00800. The number of carbonyl (C=O) groups excluding carboxylic acids is 2. The fourth-order valence-electron chi connectivity index (χ4n) is 0.837. The lowest BCUT2D eigenvalue weighted by molar-refractivity contribution is -0.121. The zero-order valence-electron chi connectivity index (χ0n) is 8.39. The molecular formula is C8H12N4O2. The Labute approximate surface area is 81.3 Å². The number of hydrogen-bond donors (Lipinski definition) is 0. The molecule has 1 aromatic heterocycles. The molecule has 76 valence electrons. The van der Waals surface area contributed by atoms with Crippen LogP contribution in [-0.4, -0.2) is 31.8 Å². The lowest BCUT2D eigenvalue weighted by Gasteiger charge is -1.99. The topological polar surface area (TPSA) is 77.7 Å². The summed E-state index contributed by atoms with van der Waals surface area (Å²) in [7, 11) is 1.56. The zero-order valence-corrected chi connectivity index (χ0v) is 8.39. The van der Waals surface area contributed by atoms with E-state index in [1.807, 2.05) is 0 Å². The Morgan fingerprint density at radius 2 is 2.07 bits per heavy atom. The molecule has 0 radical (unpaired) electrons. The van der Waals surface area contributed by atoms with Gasteiger partial charge in [0, 0.05) is 5.92 Å². The lowest BCUT2D eigenvalue weighted by atomic mass is 10.0. The fraction of sp³-hybridized carbons (Fsp3) is 0.625. The smallest absolute Gasteiger partial charge is 0.240 e. The van der Waals surface area contributed by atoms with Gasteiger partial charge in [0.2, 0.25) is 11.6 Å². The van der Waals surface area contributed by atoms with Crippen LogP contribution in [0.4, 0.5) is 0 Å². The number of tetrazole rings is 1. The Morgan fingerprint density at radius 1 is 1.43 bits per heavy atom. The Kier molecular flexibility index (Phi) is 3.06. The minimum absolute atomic E-state index is 0.00139. The molecule has 0 aliphatic heterocycles. The largest absolute Gasteiger partial charge is 0.299 e. The van der Waals surface area contributed by atoms with Gasteiger partial charge in [-0.1, -0.05) is 13.8 Å². The number of ketones is 2. The van der Waals surface area contributed by atoms with Gasteiger partial charge >= 0.3 is 0 Å². The molecule has 0 fully saturated rings. The highest BCUT2D eigenvalue weighted by Crippen LogP contribution is 2.02. The van der Waals surface area contributed by atoms with Gasteiger partial charge < -0.3 is 0 Å². The highest BCUT2D eigenvalue weighted by molar-refractivity contribution is 6.06. The third-order valence-electron chi connectivity index (χ3n) is 1.74. The van der Waals surface area contributed by atoms with Crippen LogP contribution in [0.25, 0.3) is 0 Å². The van der Waals surface area contributed by atoms with Crippen LogP contribution in [0, 0.1) is 5.92 Å². The Morgan fingerprint density at radius 3 is 2.50 bits per heavy atom. The van der Waals surface area contributed by atoms with E-state index in [0.717, 1.165) is 0 Å². The third-order valence-corrected chi connectivity index (χ3v) is 1.74. The molecule has 0 aliphatic carbocycles. The number of nitrogens with zero attached hydrogens (tertiary/aromatic N) is 4. The quantitative estimate of drug-likeness (QED) is 0.500. The van der Waals surface area contributed by atoms with Crippen molar-refractivity contribution in [1.29, 1.82) is 0 Å². The predicted molar refractivity (Wildman–Crippen MR) is 47.6 cm³/mol. The molecule has 0 N–H and O–H groups in total. The van der Waals surface area contributed by atoms with Crippen LogP contribution in [0.1, 0.15) is 30.9 Å². The summed E-state index contributed by atoms with van der Waals surface area (Å²) in [5, 5.41) is 10.8. The number of Topliss-reactive ketones (excluding diaryl/α,β-unsaturated/α-hetero) is 2. The van der Waals surface area contributed by atoms with E-state index in [4.69, 9.17) is 0 Å². The maximum atomic E-state index is 11.4. The molecule has 6 heteroatoms. The van der Waals surface area contributed by atoms with E-state index in [9.17, 15) is 9.59 Å². The Balaban J connectivity index is 2.64. The van der Waals surface area contributed by atoms with Crippen molar-refractivity contribution < 1.29 is 9.59 Å². The molecule has 0 atom stereocenters. The lowest BCUT2D eigenvalue weighted by Crippen LogP contribution is -2.14. The SMILES string of the molecule is CC(C)C(=O)CC(=O)c1nnn(C)n1. The van der Waals surface area contributed by atoms with E-state index in [2.05, 4.69) is 15.4 Å². The summed E-state index contributed by atoms with van der Waals surface area (Å²) in [6, 6.07) is 0. The van der Waals surface area contributed by atoms with Crippen LogP contribution in [0.2, 0.25) is 0 Å². The van der Waals surface area contributed by atoms with Crippen molar-refractivity contribution in [3.63, 3.8) is 0 Å². The van der Waals surface area contributed by atoms with Gasteiger partial charge in [-0.05, 0) is 5.21 Å². The molecule has 0 aromatic carbocycles. The number of aryl methyl sites for hydroxylation is 1. The molecule has 0 amide bonds. The second-order valence-corrected chi connectivity index (χ2v) is 3.32. The first kappa shape index (κ1) is 10.5. The number of hydrogen-bond acceptors (Lipinski definition) is 5. The summed E-state index contributed by atoms with van der Waals surface area (Å²) in [6.45, 7) is 3.50. The maximum Gasteiger partial charge on any atom is 0.240 e. The monoisotopic (exact) mass is 196 g/mol. The van der Waals surface area contributed by atoms with Gasteiger partial charge in [0.15, 0.2) is 0 Å². The maximum absolute atomic E-state index is 11.4. The summed E-state index contributed by atoms with van der Waals surface area (Å²) >= 11 is 0. The van der Waals surface area contributed by atoms with Crippen LogP contribution in [0.15, 0.2) is 0 Å². The molecule has 0 aliphatic rings. The molecule has 0 saturated carbocycles. The summed E-state index contributed by atoms with van der Waals surface area (Å²) in [6.07, 6.45) is -0.149. The second-order valence-electron chi connectivity index (χ2n) is 3.32. The molecular weight excluding hydrogens is 184 g/mol. The average Bonchev–Trinajstić information content (AvgIpc) is 2.51. The second kappa shape index (κ2) is 4.08. The van der Waals surface area contributed by atoms with E-state index in [1.54, 1.807) is 20.9 Å². The summed E-state index contributed by atoms with van der Waals surface area (Å²) in [5.41, 5.74) is 0. The molecule has 6 nitrogen and oxygen atoms in total. The van der Waals surface area contributed by atoms with Gasteiger partial charge in [0.25, 0.3) is 0 Å². The van der Waals surface area contributed by atoms with Crippen molar-refractivity contribution in [2.45, 2.75) is 20.3 Å². The molecule has 1 rings (SSSR count). The Bertz CT molecular complexity index is 356. The van der Waals surface area contributed by atoms with Crippen molar-refractivity contribution in [2.24, 2.45) is 13.0 Å². The molecule has 0 bridgehead atoms. The van der Waals surface area contributed by atoms with Crippen LogP contribution >= 0.6 is 0 Å². The van der Waals surface area contributed by atoms with Crippen LogP contribution in [0.5, 0.6) is 0 Å². The van der Waals surface area contributed by atoms with E-state index < -0.39 is 0 Å². The normalized spacial score (nSPS) is 10.6. The first-order valence-corrected chi connectivity index (χ1v) is 4.30. The van der Waals surface area contributed by atoms with Gasteiger partial charge in [-0.2, -0.15) is 4.80 Å². The highest BCUT2D eigenvalue weighted by Gasteiger charge is 2.18. The molecule has 0 saturated heterocycles. The first-order chi connectivity index (χ1) is 6.50. The highest BCUT2D eigenvalue weighted by atomic mass is 16.1. The summed E-state index contributed by atoms with van der Waals surface area (Å²) < 4.78 is 0. The van der Waals surface area contributed by atoms with Crippen molar-refractivity contribution in [1.82, 2.24) is 20.2 Å². The molecule has 14 heavy (non-hydrogen) atoms. The van der Waals surface area contributed by atoms with Crippen molar-refractivity contribution in [3.05, 3.63) is 5.82 Å². The van der Waals surface area contributed by atoms with Gasteiger partial charge in [-0.15, -0.1) is 10.2 Å². The van der Waals surface area contributed by atoms with E-state index in [-0.39, 0.29) is 29.7 Å². The third kappa shape index (κ3) is 2.45. The van der Waals surface area contributed by atoms with Gasteiger partial charge in [0.05, 0.1) is 13.5 Å². The van der Waals surface area contributed by atoms with Crippen LogP contribution in [0.3, 0.4) is 0 Å². The van der Waals surface area contributed by atoms with Gasteiger partial charge in [0.1, 0.15) is 5.78 Å². The minimum atomic E-state index is -0.378. The molecule has 1 aromatic rings. The molecule has 0 spiro atoms. The number of carbonyl (C=O) groups is 2. The zero-order chi connectivity index (χ0) is 10.7. The summed E-state index contributed by atoms with van der Waals surface area (Å²) in [5.74, 6) is -0.628. The van der Waals surface area contributed by atoms with Crippen LogP contribution in [-0.2, 0) is 11.8 Å². The minimum Gasteiger partial charge on any atom is -0.299 e. The number of aromatic nitrogens is 4. The fourth-order valence-corrected chi connectivity index (χ4v) is 0.837. The van der Waals surface area contributed by atoms with E-state index >= 15 is 0 Å². The van der Waals surface area contributed by atoms with Crippen LogP contribution < -0.4 is 0 Å². The standard InChI is InChI=1S/C8H12N4O2/c1-5(2)6(13)4-7(14)8-9-11-12(3)10-8/h5H,4H2,1-3H3. The van der Waals surface area contributed by atoms with Crippen molar-refractivity contribution in [2.75, 3.05) is 0 Å². The number of rotatable bonds is 4. The van der Waals surface area contributed by atoms with E-state index in [1.165, 1.54) is 4.80 Å². The van der Waals surface area contributed by atoms with Gasteiger partial charge in [-0.3, -0.25) is 9.59 Å². The molecule has 0 unspecified atom stereocenters. The van der Waals surface area contributed by atoms with Gasteiger partial charge in [-0.25, -0.2) is 0 Å². The van der Waals surface area contributed by atoms with Crippen molar-refractivity contribution >= 4 is 11.6 Å². The summed E-state index contributed by atoms with van der Waals surface area (Å²) in [4.78, 5) is 23.8. The molecule has 1 heterocycles.